The summed E-state index contributed by atoms with van der Waals surface area (Å²) in [6.45, 7) is 0. The molecule has 0 saturated carbocycles. The Bertz CT molecular complexity index is 2120. The third-order valence-corrected chi connectivity index (χ3v) is 9.36. The van der Waals surface area contributed by atoms with Crippen LogP contribution in [0.2, 0.25) is 5.28 Å². The summed E-state index contributed by atoms with van der Waals surface area (Å²) < 4.78 is 0. The lowest BCUT2D eigenvalue weighted by atomic mass is 9.68. The maximum Gasteiger partial charge on any atom is 0.226 e. The van der Waals surface area contributed by atoms with E-state index in [2.05, 4.69) is 107 Å². The van der Waals surface area contributed by atoms with Crippen LogP contribution < -0.4 is 0 Å². The van der Waals surface area contributed by atoms with Crippen LogP contribution in [0.5, 0.6) is 0 Å². The molecule has 0 unspecified atom stereocenters. The molecule has 198 valence electrons. The number of aromatic nitrogens is 3. The van der Waals surface area contributed by atoms with Gasteiger partial charge in [0.15, 0.2) is 11.6 Å². The van der Waals surface area contributed by atoms with E-state index < -0.39 is 0 Å². The molecular formula is C38H24ClN3. The summed E-state index contributed by atoms with van der Waals surface area (Å²) in [6, 6.07) is 39.0. The van der Waals surface area contributed by atoms with Gasteiger partial charge in [0.25, 0.3) is 0 Å². The second kappa shape index (κ2) is 8.82. The van der Waals surface area contributed by atoms with Crippen molar-refractivity contribution in [3.63, 3.8) is 0 Å². The molecule has 9 rings (SSSR count). The number of nitrogens with zero attached hydrogens (tertiary/aromatic N) is 3. The second-order valence-corrected chi connectivity index (χ2v) is 11.6. The maximum atomic E-state index is 6.56. The molecule has 0 saturated heterocycles. The third-order valence-electron chi connectivity index (χ3n) is 9.19. The van der Waals surface area contributed by atoms with E-state index in [1.807, 2.05) is 24.3 Å². The van der Waals surface area contributed by atoms with E-state index in [9.17, 15) is 0 Å². The first kappa shape index (κ1) is 23.8. The van der Waals surface area contributed by atoms with E-state index in [1.54, 1.807) is 0 Å². The fourth-order valence-corrected chi connectivity index (χ4v) is 7.73. The Morgan fingerprint density at radius 1 is 0.595 bits per heavy atom. The lowest BCUT2D eigenvalue weighted by Crippen LogP contribution is -2.27. The predicted molar refractivity (Wildman–Crippen MR) is 170 cm³/mol. The molecule has 4 heteroatoms. The van der Waals surface area contributed by atoms with Crippen molar-refractivity contribution in [2.45, 2.75) is 18.3 Å². The Balaban J connectivity index is 1.27. The molecule has 1 heterocycles. The van der Waals surface area contributed by atoms with Gasteiger partial charge in [0.05, 0.1) is 5.41 Å². The lowest BCUT2D eigenvalue weighted by molar-refractivity contribution is 0.714. The summed E-state index contributed by atoms with van der Waals surface area (Å²) in [5.41, 5.74) is 12.4. The summed E-state index contributed by atoms with van der Waals surface area (Å²) in [4.78, 5) is 14.1. The van der Waals surface area contributed by atoms with Crippen molar-refractivity contribution >= 4 is 27.9 Å². The van der Waals surface area contributed by atoms with E-state index in [1.165, 1.54) is 44.5 Å². The highest BCUT2D eigenvalue weighted by Gasteiger charge is 2.52. The molecule has 3 aliphatic carbocycles. The number of rotatable bonds is 2. The van der Waals surface area contributed by atoms with Crippen molar-refractivity contribution in [1.29, 1.82) is 0 Å². The Morgan fingerprint density at radius 3 is 2.10 bits per heavy atom. The minimum Gasteiger partial charge on any atom is -0.208 e. The monoisotopic (exact) mass is 557 g/mol. The molecule has 0 fully saturated rings. The van der Waals surface area contributed by atoms with Crippen molar-refractivity contribution in [2.24, 2.45) is 0 Å². The summed E-state index contributed by atoms with van der Waals surface area (Å²) in [7, 11) is 0. The quantitative estimate of drug-likeness (QED) is 0.213. The SMILES string of the molecule is Clc1nc(-c2ccc3c(c2)C2=C(CCC=C2)C32c3ccccc3-c3ccccc32)nc(-c2cccc3ccccc23)n1. The molecule has 6 aromatic rings. The van der Waals surface area contributed by atoms with Gasteiger partial charge in [0, 0.05) is 11.1 Å². The zero-order chi connectivity index (χ0) is 27.8. The Hall–Kier alpha value is -4.86. The fourth-order valence-electron chi connectivity index (χ4n) is 7.57. The van der Waals surface area contributed by atoms with Gasteiger partial charge >= 0.3 is 0 Å². The number of hydrogen-bond donors (Lipinski definition) is 0. The summed E-state index contributed by atoms with van der Waals surface area (Å²) in [6.07, 6.45) is 6.70. The van der Waals surface area contributed by atoms with Crippen LogP contribution in [0.4, 0.5) is 0 Å². The summed E-state index contributed by atoms with van der Waals surface area (Å²) in [5, 5.41) is 2.41. The second-order valence-electron chi connectivity index (χ2n) is 11.2. The lowest BCUT2D eigenvalue weighted by Gasteiger charge is -2.33. The molecule has 0 amide bonds. The van der Waals surface area contributed by atoms with Crippen molar-refractivity contribution in [1.82, 2.24) is 15.0 Å². The molecule has 0 bridgehead atoms. The van der Waals surface area contributed by atoms with Crippen molar-refractivity contribution < 1.29 is 0 Å². The van der Waals surface area contributed by atoms with Crippen LogP contribution in [0.25, 0.3) is 50.2 Å². The minimum atomic E-state index is -0.286. The van der Waals surface area contributed by atoms with E-state index in [-0.39, 0.29) is 10.7 Å². The standard InChI is InChI=1S/C38H24ClN3/c39-37-41-35(40-36(42-37)29-16-9-11-23-10-1-2-12-25(23)29)24-20-21-34-30(22-24)28-15-5-8-19-33(28)38(34)31-17-6-3-13-26(31)27-14-4-7-18-32(27)38/h1-7,9-18,20-22H,8,19H2. The normalized spacial score (nSPS) is 15.5. The molecule has 3 nitrogen and oxygen atoms in total. The zero-order valence-electron chi connectivity index (χ0n) is 22.7. The average molecular weight is 558 g/mol. The molecule has 1 spiro atoms. The van der Waals surface area contributed by atoms with Crippen LogP contribution in [0.3, 0.4) is 0 Å². The van der Waals surface area contributed by atoms with Crippen LogP contribution in [-0.4, -0.2) is 15.0 Å². The smallest absolute Gasteiger partial charge is 0.208 e. The van der Waals surface area contributed by atoms with Gasteiger partial charge in [-0.25, -0.2) is 4.98 Å². The average Bonchev–Trinajstić information content (AvgIpc) is 3.51. The van der Waals surface area contributed by atoms with Gasteiger partial charge in [0.2, 0.25) is 5.28 Å². The van der Waals surface area contributed by atoms with Gasteiger partial charge in [0.1, 0.15) is 0 Å². The first-order valence-corrected chi connectivity index (χ1v) is 14.8. The largest absolute Gasteiger partial charge is 0.226 e. The Labute approximate surface area is 248 Å². The van der Waals surface area contributed by atoms with Crippen molar-refractivity contribution in [3.8, 4) is 33.9 Å². The highest BCUT2D eigenvalue weighted by Crippen LogP contribution is 2.63. The van der Waals surface area contributed by atoms with Crippen LogP contribution in [0.1, 0.15) is 35.1 Å². The number of benzene rings is 5. The molecular weight excluding hydrogens is 534 g/mol. The number of hydrogen-bond acceptors (Lipinski definition) is 3. The van der Waals surface area contributed by atoms with Crippen molar-refractivity contribution in [3.05, 3.63) is 154 Å². The number of fused-ring (bicyclic) bond motifs is 10. The number of halogens is 1. The van der Waals surface area contributed by atoms with Crippen LogP contribution in [-0.2, 0) is 5.41 Å². The predicted octanol–water partition coefficient (Wildman–Crippen LogP) is 9.44. The van der Waals surface area contributed by atoms with E-state index in [4.69, 9.17) is 16.6 Å². The van der Waals surface area contributed by atoms with Crippen LogP contribution in [0.15, 0.2) is 127 Å². The Morgan fingerprint density at radius 2 is 1.26 bits per heavy atom. The summed E-state index contributed by atoms with van der Waals surface area (Å²) >= 11 is 6.56. The van der Waals surface area contributed by atoms with Gasteiger partial charge in [-0.2, -0.15) is 9.97 Å². The van der Waals surface area contributed by atoms with E-state index >= 15 is 0 Å². The molecule has 1 aromatic heterocycles. The third kappa shape index (κ3) is 3.14. The van der Waals surface area contributed by atoms with Crippen LogP contribution >= 0.6 is 11.6 Å². The zero-order valence-corrected chi connectivity index (χ0v) is 23.4. The first-order chi connectivity index (χ1) is 20.7. The van der Waals surface area contributed by atoms with E-state index in [0.29, 0.717) is 11.6 Å². The molecule has 5 aromatic carbocycles. The van der Waals surface area contributed by atoms with Gasteiger partial charge in [-0.15, -0.1) is 0 Å². The Kier molecular flexibility index (Phi) is 5.00. The molecule has 0 N–H and O–H groups in total. The topological polar surface area (TPSA) is 38.7 Å². The highest BCUT2D eigenvalue weighted by atomic mass is 35.5. The molecule has 0 aliphatic heterocycles. The summed E-state index contributed by atoms with van der Waals surface area (Å²) in [5.74, 6) is 1.16. The van der Waals surface area contributed by atoms with Crippen LogP contribution in [0, 0.1) is 0 Å². The molecule has 42 heavy (non-hydrogen) atoms. The molecule has 3 aliphatic rings. The maximum absolute atomic E-state index is 6.56. The van der Waals surface area contributed by atoms with Gasteiger partial charge in [-0.05, 0) is 85.8 Å². The van der Waals surface area contributed by atoms with Gasteiger partial charge < -0.3 is 0 Å². The minimum absolute atomic E-state index is 0.191. The molecule has 0 radical (unpaired) electrons. The van der Waals surface area contributed by atoms with E-state index in [0.717, 1.165) is 34.7 Å². The first-order valence-electron chi connectivity index (χ1n) is 14.4. The van der Waals surface area contributed by atoms with Gasteiger partial charge in [-0.1, -0.05) is 115 Å². The van der Waals surface area contributed by atoms with Crippen molar-refractivity contribution in [2.75, 3.05) is 0 Å². The van der Waals surface area contributed by atoms with Gasteiger partial charge in [-0.3, -0.25) is 0 Å². The highest BCUT2D eigenvalue weighted by molar-refractivity contribution is 6.28. The molecule has 0 atom stereocenters. The fraction of sp³-hybridized carbons (Fsp3) is 0.0789. The number of allylic oxidation sites excluding steroid dienone is 4.